The Balaban J connectivity index is 2.34. The van der Waals surface area contributed by atoms with Crippen molar-refractivity contribution in [3.05, 3.63) is 34.6 Å². The van der Waals surface area contributed by atoms with Crippen molar-refractivity contribution in [3.8, 4) is 0 Å². The molecule has 0 radical (unpaired) electrons. The fourth-order valence-corrected chi connectivity index (χ4v) is 1.49. The smallest absolute Gasteiger partial charge is 0.319 e. The van der Waals surface area contributed by atoms with E-state index in [9.17, 15) is 14.0 Å². The van der Waals surface area contributed by atoms with E-state index in [-0.39, 0.29) is 30.6 Å². The lowest BCUT2D eigenvalue weighted by atomic mass is 10.2. The molecule has 0 aliphatic heterocycles. The first-order chi connectivity index (χ1) is 9.04. The SMILES string of the molecule is COC(=O)CNCC(=O)NCc1cccc(Cl)c1F. The third kappa shape index (κ3) is 5.23. The van der Waals surface area contributed by atoms with Crippen LogP contribution in [0.5, 0.6) is 0 Å². The summed E-state index contributed by atoms with van der Waals surface area (Å²) >= 11 is 5.61. The summed E-state index contributed by atoms with van der Waals surface area (Å²) < 4.78 is 17.9. The Kier molecular flexibility index (Phi) is 6.24. The van der Waals surface area contributed by atoms with E-state index in [0.29, 0.717) is 5.56 Å². The molecule has 1 aromatic rings. The Hall–Kier alpha value is -1.66. The van der Waals surface area contributed by atoms with Crippen molar-refractivity contribution in [1.82, 2.24) is 10.6 Å². The number of hydrogen-bond donors (Lipinski definition) is 2. The van der Waals surface area contributed by atoms with Gasteiger partial charge >= 0.3 is 5.97 Å². The van der Waals surface area contributed by atoms with Crippen LogP contribution >= 0.6 is 11.6 Å². The maximum atomic E-state index is 13.5. The standard InChI is InChI=1S/C12H14ClFN2O3/c1-19-11(18)7-15-6-10(17)16-5-8-3-2-4-9(13)12(8)14/h2-4,15H,5-7H2,1H3,(H,16,17). The van der Waals surface area contributed by atoms with E-state index in [4.69, 9.17) is 11.6 Å². The molecule has 0 aliphatic rings. The van der Waals surface area contributed by atoms with Crippen LogP contribution in [0.4, 0.5) is 4.39 Å². The van der Waals surface area contributed by atoms with Crippen LogP contribution in [0.1, 0.15) is 5.56 Å². The number of halogens is 2. The van der Waals surface area contributed by atoms with Crippen molar-refractivity contribution < 1.29 is 18.7 Å². The van der Waals surface area contributed by atoms with E-state index >= 15 is 0 Å². The molecular weight excluding hydrogens is 275 g/mol. The molecule has 0 saturated carbocycles. The average molecular weight is 289 g/mol. The van der Waals surface area contributed by atoms with E-state index in [1.165, 1.54) is 19.2 Å². The summed E-state index contributed by atoms with van der Waals surface area (Å²) in [6.45, 7) is -0.0855. The quantitative estimate of drug-likeness (QED) is 0.762. The van der Waals surface area contributed by atoms with Crippen LogP contribution in [0, 0.1) is 5.82 Å². The maximum absolute atomic E-state index is 13.5. The van der Waals surface area contributed by atoms with Gasteiger partial charge in [-0.1, -0.05) is 23.7 Å². The molecule has 1 aromatic carbocycles. The van der Waals surface area contributed by atoms with Crippen LogP contribution in [0.25, 0.3) is 0 Å². The molecule has 7 heteroatoms. The van der Waals surface area contributed by atoms with Gasteiger partial charge < -0.3 is 10.1 Å². The fourth-order valence-electron chi connectivity index (χ4n) is 1.29. The second-order valence-corrected chi connectivity index (χ2v) is 4.08. The van der Waals surface area contributed by atoms with Crippen molar-refractivity contribution in [2.45, 2.75) is 6.54 Å². The number of esters is 1. The van der Waals surface area contributed by atoms with Crippen LogP contribution in [0.3, 0.4) is 0 Å². The van der Waals surface area contributed by atoms with Gasteiger partial charge in [0.1, 0.15) is 5.82 Å². The molecule has 104 valence electrons. The molecule has 0 fully saturated rings. The lowest BCUT2D eigenvalue weighted by molar-refractivity contribution is -0.139. The largest absolute Gasteiger partial charge is 0.468 e. The van der Waals surface area contributed by atoms with E-state index in [2.05, 4.69) is 15.4 Å². The highest BCUT2D eigenvalue weighted by atomic mass is 35.5. The second-order valence-electron chi connectivity index (χ2n) is 3.67. The van der Waals surface area contributed by atoms with Gasteiger partial charge in [-0.05, 0) is 6.07 Å². The van der Waals surface area contributed by atoms with Gasteiger partial charge in [0.15, 0.2) is 0 Å². The van der Waals surface area contributed by atoms with Crippen molar-refractivity contribution in [2.24, 2.45) is 0 Å². The summed E-state index contributed by atoms with van der Waals surface area (Å²) in [4.78, 5) is 22.2. The maximum Gasteiger partial charge on any atom is 0.319 e. The Morgan fingerprint density at radius 1 is 1.37 bits per heavy atom. The first kappa shape index (κ1) is 15.4. The summed E-state index contributed by atoms with van der Waals surface area (Å²) in [5.41, 5.74) is 0.300. The predicted molar refractivity (Wildman–Crippen MR) is 68.1 cm³/mol. The number of ether oxygens (including phenoxy) is 1. The van der Waals surface area contributed by atoms with Gasteiger partial charge in [0, 0.05) is 12.1 Å². The van der Waals surface area contributed by atoms with Gasteiger partial charge in [-0.15, -0.1) is 0 Å². The fraction of sp³-hybridized carbons (Fsp3) is 0.333. The zero-order chi connectivity index (χ0) is 14.3. The normalized spacial score (nSPS) is 10.1. The summed E-state index contributed by atoms with van der Waals surface area (Å²) in [6, 6.07) is 4.56. The van der Waals surface area contributed by atoms with Gasteiger partial charge in [-0.25, -0.2) is 4.39 Å². The molecule has 0 bridgehead atoms. The topological polar surface area (TPSA) is 67.4 Å². The minimum Gasteiger partial charge on any atom is -0.468 e. The van der Waals surface area contributed by atoms with Crippen molar-refractivity contribution in [3.63, 3.8) is 0 Å². The van der Waals surface area contributed by atoms with Crippen molar-refractivity contribution in [1.29, 1.82) is 0 Å². The number of rotatable bonds is 6. The summed E-state index contributed by atoms with van der Waals surface area (Å²) in [7, 11) is 1.26. The number of methoxy groups -OCH3 is 1. The predicted octanol–water partition coefficient (Wildman–Crippen LogP) is 0.858. The molecule has 0 unspecified atom stereocenters. The van der Waals surface area contributed by atoms with E-state index in [1.807, 2.05) is 0 Å². The number of hydrogen-bond acceptors (Lipinski definition) is 4. The number of carbonyl (C=O) groups is 2. The number of carbonyl (C=O) groups excluding carboxylic acids is 2. The van der Waals surface area contributed by atoms with E-state index in [0.717, 1.165) is 0 Å². The third-order valence-electron chi connectivity index (χ3n) is 2.29. The van der Waals surface area contributed by atoms with Gasteiger partial charge in [-0.2, -0.15) is 0 Å². The Bertz CT molecular complexity index is 468. The zero-order valence-corrected chi connectivity index (χ0v) is 11.1. The van der Waals surface area contributed by atoms with Crippen LogP contribution in [0.2, 0.25) is 5.02 Å². The van der Waals surface area contributed by atoms with Crippen LogP contribution in [0.15, 0.2) is 18.2 Å². The first-order valence-corrected chi connectivity index (χ1v) is 5.89. The minimum atomic E-state index is -0.549. The summed E-state index contributed by atoms with van der Waals surface area (Å²) in [5, 5.41) is 5.11. The van der Waals surface area contributed by atoms with Gasteiger partial charge in [-0.3, -0.25) is 14.9 Å². The minimum absolute atomic E-state index is 0.00978. The molecule has 0 aliphatic carbocycles. The molecule has 1 rings (SSSR count). The average Bonchev–Trinajstić information content (AvgIpc) is 2.40. The number of nitrogens with one attached hydrogen (secondary N) is 2. The Morgan fingerprint density at radius 3 is 2.79 bits per heavy atom. The molecule has 0 aromatic heterocycles. The zero-order valence-electron chi connectivity index (χ0n) is 10.3. The van der Waals surface area contributed by atoms with Crippen LogP contribution in [-0.2, 0) is 20.9 Å². The monoisotopic (exact) mass is 288 g/mol. The molecule has 0 heterocycles. The second kappa shape index (κ2) is 7.70. The van der Waals surface area contributed by atoms with Gasteiger partial charge in [0.2, 0.25) is 5.91 Å². The highest BCUT2D eigenvalue weighted by Gasteiger charge is 2.08. The first-order valence-electron chi connectivity index (χ1n) is 5.51. The highest BCUT2D eigenvalue weighted by molar-refractivity contribution is 6.30. The van der Waals surface area contributed by atoms with Crippen molar-refractivity contribution >= 4 is 23.5 Å². The summed E-state index contributed by atoms with van der Waals surface area (Å²) in [5.74, 6) is -1.37. The summed E-state index contributed by atoms with van der Waals surface area (Å²) in [6.07, 6.45) is 0. The Labute approximate surface area is 115 Å². The lowest BCUT2D eigenvalue weighted by Crippen LogP contribution is -2.36. The van der Waals surface area contributed by atoms with Crippen LogP contribution in [-0.4, -0.2) is 32.1 Å². The number of amides is 1. The lowest BCUT2D eigenvalue weighted by Gasteiger charge is -2.07. The molecule has 0 spiro atoms. The molecular formula is C12H14ClFN2O3. The molecule has 19 heavy (non-hydrogen) atoms. The molecule has 5 nitrogen and oxygen atoms in total. The van der Waals surface area contributed by atoms with E-state index in [1.54, 1.807) is 6.07 Å². The molecule has 0 saturated heterocycles. The molecule has 0 atom stereocenters. The number of benzene rings is 1. The molecule has 1 amide bonds. The third-order valence-corrected chi connectivity index (χ3v) is 2.58. The van der Waals surface area contributed by atoms with Crippen LogP contribution < -0.4 is 10.6 Å². The van der Waals surface area contributed by atoms with Crippen molar-refractivity contribution in [2.75, 3.05) is 20.2 Å². The molecule has 2 N–H and O–H groups in total. The van der Waals surface area contributed by atoms with E-state index < -0.39 is 11.8 Å². The highest BCUT2D eigenvalue weighted by Crippen LogP contribution is 2.17. The Morgan fingerprint density at radius 2 is 2.11 bits per heavy atom. The van der Waals surface area contributed by atoms with Gasteiger partial charge in [0.25, 0.3) is 0 Å². The van der Waals surface area contributed by atoms with Gasteiger partial charge in [0.05, 0.1) is 25.2 Å².